The molecule has 0 radical (unpaired) electrons. The highest BCUT2D eigenvalue weighted by molar-refractivity contribution is 5.49. The van der Waals surface area contributed by atoms with Crippen molar-refractivity contribution in [2.75, 3.05) is 0 Å². The molecule has 0 aliphatic heterocycles. The van der Waals surface area contributed by atoms with E-state index in [1.165, 1.54) is 0 Å². The molecule has 1 unspecified atom stereocenters. The van der Waals surface area contributed by atoms with Crippen LogP contribution in [0.1, 0.15) is 45.1 Å². The van der Waals surface area contributed by atoms with Gasteiger partial charge in [0, 0.05) is 23.2 Å². The summed E-state index contributed by atoms with van der Waals surface area (Å²) in [5.74, 6) is 0.963. The minimum absolute atomic E-state index is 0.0180. The molecular weight excluding hydrogens is 200 g/mol. The standard InChI is InChI=1S/C12H18N4/c1-8(13)9-6-5-7-16-10(9)14-15-11(16)12(2,3)4/h5-8H,13H2,1-4H3. The zero-order valence-electron chi connectivity index (χ0n) is 10.2. The summed E-state index contributed by atoms with van der Waals surface area (Å²) < 4.78 is 2.03. The monoisotopic (exact) mass is 218 g/mol. The van der Waals surface area contributed by atoms with Gasteiger partial charge in [-0.3, -0.25) is 4.40 Å². The van der Waals surface area contributed by atoms with E-state index in [2.05, 4.69) is 31.0 Å². The van der Waals surface area contributed by atoms with Crippen LogP contribution in [0.25, 0.3) is 5.65 Å². The molecule has 0 spiro atoms. The number of pyridine rings is 1. The largest absolute Gasteiger partial charge is 0.324 e. The second-order valence-corrected chi connectivity index (χ2v) is 5.22. The Hall–Kier alpha value is -1.42. The summed E-state index contributed by atoms with van der Waals surface area (Å²) in [5.41, 5.74) is 7.80. The molecule has 0 bridgehead atoms. The lowest BCUT2D eigenvalue weighted by Crippen LogP contribution is -2.16. The van der Waals surface area contributed by atoms with Gasteiger partial charge in [-0.25, -0.2) is 0 Å². The molecule has 16 heavy (non-hydrogen) atoms. The highest BCUT2D eigenvalue weighted by Crippen LogP contribution is 2.23. The van der Waals surface area contributed by atoms with E-state index in [-0.39, 0.29) is 11.5 Å². The quantitative estimate of drug-likeness (QED) is 0.797. The molecule has 2 aromatic heterocycles. The normalized spacial score (nSPS) is 14.3. The number of fused-ring (bicyclic) bond motifs is 1. The third-order valence-electron chi connectivity index (χ3n) is 2.63. The number of rotatable bonds is 1. The molecular formula is C12H18N4. The van der Waals surface area contributed by atoms with Crippen molar-refractivity contribution in [3.05, 3.63) is 29.7 Å². The fourth-order valence-electron chi connectivity index (χ4n) is 1.80. The maximum atomic E-state index is 5.92. The Labute approximate surface area is 95.5 Å². The summed E-state index contributed by atoms with van der Waals surface area (Å²) in [6, 6.07) is 3.96. The Balaban J connectivity index is 2.71. The van der Waals surface area contributed by atoms with Gasteiger partial charge in [0.2, 0.25) is 0 Å². The molecule has 0 fully saturated rings. The Bertz CT molecular complexity index is 505. The first-order valence-electron chi connectivity index (χ1n) is 5.51. The smallest absolute Gasteiger partial charge is 0.165 e. The van der Waals surface area contributed by atoms with E-state index in [1.807, 2.05) is 29.7 Å². The molecule has 2 aromatic rings. The highest BCUT2D eigenvalue weighted by Gasteiger charge is 2.21. The van der Waals surface area contributed by atoms with Gasteiger partial charge in [0.15, 0.2) is 5.65 Å². The number of hydrogen-bond acceptors (Lipinski definition) is 3. The van der Waals surface area contributed by atoms with Crippen LogP contribution in [-0.2, 0) is 5.41 Å². The highest BCUT2D eigenvalue weighted by atomic mass is 15.3. The van der Waals surface area contributed by atoms with Crippen molar-refractivity contribution in [3.63, 3.8) is 0 Å². The second kappa shape index (κ2) is 3.56. The predicted molar refractivity (Wildman–Crippen MR) is 64.3 cm³/mol. The van der Waals surface area contributed by atoms with Crippen LogP contribution in [0.5, 0.6) is 0 Å². The summed E-state index contributed by atoms with van der Waals surface area (Å²) >= 11 is 0. The molecule has 4 nitrogen and oxygen atoms in total. The van der Waals surface area contributed by atoms with Crippen LogP contribution in [0.4, 0.5) is 0 Å². The van der Waals surface area contributed by atoms with Crippen molar-refractivity contribution in [1.82, 2.24) is 14.6 Å². The number of nitrogens with two attached hydrogens (primary N) is 1. The van der Waals surface area contributed by atoms with Crippen molar-refractivity contribution < 1.29 is 0 Å². The van der Waals surface area contributed by atoms with E-state index >= 15 is 0 Å². The van der Waals surface area contributed by atoms with Gasteiger partial charge in [0.25, 0.3) is 0 Å². The molecule has 1 atom stereocenters. The van der Waals surface area contributed by atoms with Crippen LogP contribution in [0.15, 0.2) is 18.3 Å². The Morgan fingerprint density at radius 2 is 2.00 bits per heavy atom. The molecule has 4 heteroatoms. The summed E-state index contributed by atoms with van der Waals surface area (Å²) in [6.07, 6.45) is 1.99. The van der Waals surface area contributed by atoms with Gasteiger partial charge in [0.1, 0.15) is 5.82 Å². The van der Waals surface area contributed by atoms with Gasteiger partial charge in [0.05, 0.1) is 0 Å². The minimum atomic E-state index is -0.0271. The van der Waals surface area contributed by atoms with Crippen LogP contribution in [0, 0.1) is 0 Å². The van der Waals surface area contributed by atoms with Crippen LogP contribution in [0.3, 0.4) is 0 Å². The van der Waals surface area contributed by atoms with Crippen LogP contribution in [0.2, 0.25) is 0 Å². The topological polar surface area (TPSA) is 56.2 Å². The first-order chi connectivity index (χ1) is 7.41. The van der Waals surface area contributed by atoms with Crippen molar-refractivity contribution in [3.8, 4) is 0 Å². The molecule has 2 N–H and O–H groups in total. The molecule has 2 rings (SSSR count). The number of aromatic nitrogens is 3. The van der Waals surface area contributed by atoms with E-state index < -0.39 is 0 Å². The third kappa shape index (κ3) is 1.69. The van der Waals surface area contributed by atoms with Gasteiger partial charge in [-0.15, -0.1) is 10.2 Å². The molecule has 0 aliphatic rings. The lowest BCUT2D eigenvalue weighted by molar-refractivity contribution is 0.538. The van der Waals surface area contributed by atoms with Crippen LogP contribution in [-0.4, -0.2) is 14.6 Å². The average molecular weight is 218 g/mol. The van der Waals surface area contributed by atoms with E-state index in [0.717, 1.165) is 17.0 Å². The van der Waals surface area contributed by atoms with E-state index in [4.69, 9.17) is 5.73 Å². The molecule has 0 saturated carbocycles. The number of hydrogen-bond donors (Lipinski definition) is 1. The lowest BCUT2D eigenvalue weighted by atomic mass is 9.96. The molecule has 2 heterocycles. The Morgan fingerprint density at radius 1 is 1.31 bits per heavy atom. The number of nitrogens with zero attached hydrogens (tertiary/aromatic N) is 3. The van der Waals surface area contributed by atoms with Crippen LogP contribution < -0.4 is 5.73 Å². The minimum Gasteiger partial charge on any atom is -0.324 e. The van der Waals surface area contributed by atoms with Gasteiger partial charge >= 0.3 is 0 Å². The van der Waals surface area contributed by atoms with Gasteiger partial charge in [-0.1, -0.05) is 26.8 Å². The van der Waals surface area contributed by atoms with E-state index in [1.54, 1.807) is 0 Å². The molecule has 86 valence electrons. The molecule has 0 aromatic carbocycles. The summed E-state index contributed by atoms with van der Waals surface area (Å²) in [7, 11) is 0. The SMILES string of the molecule is CC(N)c1cccn2c(C(C)(C)C)nnc12. The average Bonchev–Trinajstić information content (AvgIpc) is 2.59. The molecule has 0 amide bonds. The zero-order valence-corrected chi connectivity index (χ0v) is 10.2. The van der Waals surface area contributed by atoms with Crippen LogP contribution >= 0.6 is 0 Å². The Morgan fingerprint density at radius 3 is 2.56 bits per heavy atom. The van der Waals surface area contributed by atoms with Crippen molar-refractivity contribution >= 4 is 5.65 Å². The van der Waals surface area contributed by atoms with Gasteiger partial charge in [-0.2, -0.15) is 0 Å². The second-order valence-electron chi connectivity index (χ2n) is 5.22. The van der Waals surface area contributed by atoms with Gasteiger partial charge in [-0.05, 0) is 13.0 Å². The summed E-state index contributed by atoms with van der Waals surface area (Å²) in [6.45, 7) is 8.34. The molecule has 0 aliphatic carbocycles. The van der Waals surface area contributed by atoms with Crippen molar-refractivity contribution in [2.24, 2.45) is 5.73 Å². The lowest BCUT2D eigenvalue weighted by Gasteiger charge is -2.16. The maximum absolute atomic E-state index is 5.92. The third-order valence-corrected chi connectivity index (χ3v) is 2.63. The summed E-state index contributed by atoms with van der Waals surface area (Å²) in [5, 5.41) is 8.51. The fraction of sp³-hybridized carbons (Fsp3) is 0.500. The van der Waals surface area contributed by atoms with Crippen molar-refractivity contribution in [1.29, 1.82) is 0 Å². The Kier molecular flexibility index (Phi) is 2.46. The van der Waals surface area contributed by atoms with E-state index in [9.17, 15) is 0 Å². The predicted octanol–water partition coefficient (Wildman–Crippen LogP) is 2.05. The first-order valence-corrected chi connectivity index (χ1v) is 5.51. The van der Waals surface area contributed by atoms with E-state index in [0.29, 0.717) is 0 Å². The summed E-state index contributed by atoms with van der Waals surface area (Å²) in [4.78, 5) is 0. The maximum Gasteiger partial charge on any atom is 0.165 e. The zero-order chi connectivity index (χ0) is 11.9. The fourth-order valence-corrected chi connectivity index (χ4v) is 1.80. The van der Waals surface area contributed by atoms with Gasteiger partial charge < -0.3 is 5.73 Å². The molecule has 0 saturated heterocycles. The van der Waals surface area contributed by atoms with Crippen molar-refractivity contribution in [2.45, 2.75) is 39.2 Å². The first kappa shape index (κ1) is 11.1.